The summed E-state index contributed by atoms with van der Waals surface area (Å²) in [6.45, 7) is 3.32. The molecular weight excluding hydrogens is 463 g/mol. The number of halogens is 1. The van der Waals surface area contributed by atoms with Crippen LogP contribution in [0.3, 0.4) is 0 Å². The molecule has 0 bridgehead atoms. The van der Waals surface area contributed by atoms with Crippen molar-refractivity contribution in [2.75, 3.05) is 31.1 Å². The van der Waals surface area contributed by atoms with Crippen molar-refractivity contribution in [2.45, 2.75) is 24.8 Å². The third kappa shape index (κ3) is 4.77. The van der Waals surface area contributed by atoms with Gasteiger partial charge in [0.2, 0.25) is 5.95 Å². The first kappa shape index (κ1) is 23.5. The van der Waals surface area contributed by atoms with E-state index in [1.807, 2.05) is 6.07 Å². The first-order chi connectivity index (χ1) is 18.2. The number of piperazine rings is 1. The van der Waals surface area contributed by atoms with Gasteiger partial charge >= 0.3 is 0 Å². The van der Waals surface area contributed by atoms with Crippen molar-refractivity contribution in [3.8, 4) is 0 Å². The lowest BCUT2D eigenvalue weighted by atomic mass is 9.82. The van der Waals surface area contributed by atoms with Crippen molar-refractivity contribution in [2.24, 2.45) is 0 Å². The average Bonchev–Trinajstić information content (AvgIpc) is 2.95. The van der Waals surface area contributed by atoms with Crippen LogP contribution in [0.4, 0.5) is 10.3 Å². The van der Waals surface area contributed by atoms with Crippen LogP contribution >= 0.6 is 0 Å². The van der Waals surface area contributed by atoms with Gasteiger partial charge in [0, 0.05) is 38.8 Å². The van der Waals surface area contributed by atoms with Gasteiger partial charge in [0.15, 0.2) is 5.78 Å². The maximum absolute atomic E-state index is 14.4. The highest BCUT2D eigenvalue weighted by Gasteiger charge is 2.31. The Morgan fingerprint density at radius 3 is 2.05 bits per heavy atom. The van der Waals surface area contributed by atoms with Crippen molar-refractivity contribution >= 4 is 11.7 Å². The van der Waals surface area contributed by atoms with Gasteiger partial charge in [-0.25, -0.2) is 14.4 Å². The second-order valence-corrected chi connectivity index (χ2v) is 9.83. The molecule has 186 valence electrons. The molecule has 0 N–H and O–H groups in total. The Bertz CT molecular complexity index is 1350. The lowest BCUT2D eigenvalue weighted by molar-refractivity contribution is 0.0962. The van der Waals surface area contributed by atoms with Crippen molar-refractivity contribution in [1.29, 1.82) is 0 Å². The lowest BCUT2D eigenvalue weighted by Gasteiger charge is -2.40. The molecule has 1 aromatic heterocycles. The molecule has 0 radical (unpaired) electrons. The largest absolute Gasteiger partial charge is 0.338 e. The predicted octanol–water partition coefficient (Wildman–Crippen LogP) is 5.44. The maximum atomic E-state index is 14.4. The van der Waals surface area contributed by atoms with E-state index in [0.29, 0.717) is 23.5 Å². The van der Waals surface area contributed by atoms with Crippen molar-refractivity contribution in [1.82, 2.24) is 14.9 Å². The van der Waals surface area contributed by atoms with E-state index in [1.54, 1.807) is 18.3 Å². The van der Waals surface area contributed by atoms with Gasteiger partial charge in [-0.3, -0.25) is 9.69 Å². The third-order valence-corrected chi connectivity index (χ3v) is 7.56. The number of nitrogens with zero attached hydrogens (tertiary/aromatic N) is 4. The number of aromatic nitrogens is 2. The van der Waals surface area contributed by atoms with Crippen LogP contribution in [0.1, 0.15) is 51.1 Å². The highest BCUT2D eigenvalue weighted by Crippen LogP contribution is 2.34. The number of anilines is 1. The Hall–Kier alpha value is -3.90. The van der Waals surface area contributed by atoms with E-state index in [4.69, 9.17) is 4.98 Å². The topological polar surface area (TPSA) is 49.3 Å². The molecule has 1 atom stereocenters. The summed E-state index contributed by atoms with van der Waals surface area (Å²) in [6, 6.07) is 28.2. The minimum atomic E-state index is -0.263. The third-order valence-electron chi connectivity index (χ3n) is 7.56. The first-order valence-corrected chi connectivity index (χ1v) is 12.9. The number of benzene rings is 3. The second kappa shape index (κ2) is 10.2. The molecule has 0 saturated carbocycles. The number of carbonyl (C=O) groups is 1. The van der Waals surface area contributed by atoms with Gasteiger partial charge in [0.25, 0.3) is 0 Å². The number of ketones is 1. The zero-order valence-electron chi connectivity index (χ0n) is 20.6. The van der Waals surface area contributed by atoms with Crippen LogP contribution in [0.5, 0.6) is 0 Å². The molecule has 5 nitrogen and oxygen atoms in total. The fourth-order valence-corrected chi connectivity index (χ4v) is 5.68. The minimum Gasteiger partial charge on any atom is -0.338 e. The normalized spacial score (nSPS) is 18.2. The summed E-state index contributed by atoms with van der Waals surface area (Å²) < 4.78 is 14.4. The van der Waals surface area contributed by atoms with Gasteiger partial charge in [-0.2, -0.15) is 0 Å². The maximum Gasteiger partial charge on any atom is 0.225 e. The first-order valence-electron chi connectivity index (χ1n) is 12.9. The van der Waals surface area contributed by atoms with Gasteiger partial charge < -0.3 is 4.90 Å². The number of hydrogen-bond donors (Lipinski definition) is 0. The predicted molar refractivity (Wildman–Crippen MR) is 142 cm³/mol. The smallest absolute Gasteiger partial charge is 0.225 e. The molecule has 1 aliphatic carbocycles. The van der Waals surface area contributed by atoms with Crippen LogP contribution in [-0.4, -0.2) is 46.8 Å². The minimum absolute atomic E-state index is 0.0144. The van der Waals surface area contributed by atoms with Gasteiger partial charge in [-0.05, 0) is 35.1 Å². The summed E-state index contributed by atoms with van der Waals surface area (Å²) >= 11 is 0. The Morgan fingerprint density at radius 1 is 0.784 bits per heavy atom. The SMILES string of the molecule is O=C1CC(c2ccccc2F)Cc2nc(N3CCN(C(c4ccccc4)c4ccccc4)CC3)ncc21. The zero-order chi connectivity index (χ0) is 25.2. The van der Waals surface area contributed by atoms with Crippen LogP contribution in [0, 0.1) is 5.82 Å². The van der Waals surface area contributed by atoms with Crippen LogP contribution in [0.15, 0.2) is 91.1 Å². The number of carbonyl (C=O) groups excluding carboxylic acids is 1. The van der Waals surface area contributed by atoms with Crippen molar-refractivity contribution in [3.63, 3.8) is 0 Å². The fourth-order valence-electron chi connectivity index (χ4n) is 5.68. The highest BCUT2D eigenvalue weighted by atomic mass is 19.1. The molecule has 0 amide bonds. The number of fused-ring (bicyclic) bond motifs is 1. The van der Waals surface area contributed by atoms with Crippen LogP contribution in [0.2, 0.25) is 0 Å². The van der Waals surface area contributed by atoms with E-state index in [-0.39, 0.29) is 30.0 Å². The summed E-state index contributed by atoms with van der Waals surface area (Å²) in [4.78, 5) is 26.9. The van der Waals surface area contributed by atoms with E-state index < -0.39 is 0 Å². The van der Waals surface area contributed by atoms with E-state index >= 15 is 0 Å². The van der Waals surface area contributed by atoms with E-state index in [1.165, 1.54) is 17.2 Å². The molecule has 37 heavy (non-hydrogen) atoms. The van der Waals surface area contributed by atoms with Crippen molar-refractivity contribution < 1.29 is 9.18 Å². The monoisotopic (exact) mass is 492 g/mol. The average molecular weight is 493 g/mol. The quantitative estimate of drug-likeness (QED) is 0.371. The molecule has 1 saturated heterocycles. The Kier molecular flexibility index (Phi) is 6.49. The highest BCUT2D eigenvalue weighted by molar-refractivity contribution is 5.98. The van der Waals surface area contributed by atoms with Crippen LogP contribution in [-0.2, 0) is 6.42 Å². The Balaban J connectivity index is 1.21. The van der Waals surface area contributed by atoms with E-state index in [2.05, 4.69) is 75.4 Å². The van der Waals surface area contributed by atoms with Gasteiger partial charge in [0.05, 0.1) is 17.3 Å². The van der Waals surface area contributed by atoms with Gasteiger partial charge in [-0.15, -0.1) is 0 Å². The summed E-state index contributed by atoms with van der Waals surface area (Å²) in [5.74, 6) is 0.176. The Morgan fingerprint density at radius 2 is 1.41 bits per heavy atom. The standard InChI is InChI=1S/C31H29FN4O/c32-27-14-8-7-13-25(27)24-19-28-26(29(37)20-24)21-33-31(34-28)36-17-15-35(16-18-36)30(22-9-3-1-4-10-22)23-11-5-2-6-12-23/h1-14,21,24,30H,15-20H2. The molecule has 4 aromatic rings. The molecule has 0 spiro atoms. The van der Waals surface area contributed by atoms with Gasteiger partial charge in [0.1, 0.15) is 5.82 Å². The van der Waals surface area contributed by atoms with Gasteiger partial charge in [-0.1, -0.05) is 78.9 Å². The molecule has 6 heteroatoms. The second-order valence-electron chi connectivity index (χ2n) is 9.83. The van der Waals surface area contributed by atoms with Crippen LogP contribution < -0.4 is 4.90 Å². The molecular formula is C31H29FN4O. The van der Waals surface area contributed by atoms with E-state index in [9.17, 15) is 9.18 Å². The van der Waals surface area contributed by atoms with Crippen molar-refractivity contribution in [3.05, 3.63) is 125 Å². The molecule has 3 aromatic carbocycles. The summed E-state index contributed by atoms with van der Waals surface area (Å²) in [5.41, 5.74) is 4.45. The number of Topliss-reactive ketones (excluding diaryl/α,β-unsaturated/α-hetero) is 1. The molecule has 2 heterocycles. The molecule has 2 aliphatic rings. The molecule has 1 aliphatic heterocycles. The summed E-state index contributed by atoms with van der Waals surface area (Å²) in [6.07, 6.45) is 2.50. The fraction of sp³-hybridized carbons (Fsp3) is 0.258. The molecule has 6 rings (SSSR count). The molecule has 1 fully saturated rings. The summed E-state index contributed by atoms with van der Waals surface area (Å²) in [5, 5.41) is 0. The zero-order valence-corrected chi connectivity index (χ0v) is 20.6. The molecule has 1 unspecified atom stereocenters. The number of rotatable bonds is 5. The lowest BCUT2D eigenvalue weighted by Crippen LogP contribution is -2.48. The Labute approximate surface area is 216 Å². The van der Waals surface area contributed by atoms with Crippen LogP contribution in [0.25, 0.3) is 0 Å². The number of hydrogen-bond acceptors (Lipinski definition) is 5. The van der Waals surface area contributed by atoms with E-state index in [0.717, 1.165) is 31.9 Å². The summed E-state index contributed by atoms with van der Waals surface area (Å²) in [7, 11) is 0.